The van der Waals surface area contributed by atoms with Gasteiger partial charge in [0.05, 0.1) is 12.1 Å². The number of aromatic nitrogens is 1. The Morgan fingerprint density at radius 2 is 2.06 bits per heavy atom. The molecule has 3 atom stereocenters. The van der Waals surface area contributed by atoms with Gasteiger partial charge in [0.25, 0.3) is 5.91 Å². The number of fused-ring (bicyclic) bond motifs is 1. The van der Waals surface area contributed by atoms with Crippen molar-refractivity contribution in [2.75, 3.05) is 6.67 Å². The molecule has 1 aromatic heterocycles. The molecule has 1 aromatic carbocycles. The van der Waals surface area contributed by atoms with Crippen LogP contribution in [0.2, 0.25) is 0 Å². The van der Waals surface area contributed by atoms with Gasteiger partial charge in [-0.2, -0.15) is 0 Å². The Morgan fingerprint density at radius 1 is 1.30 bits per heavy atom. The normalized spacial score (nSPS) is 26.6. The van der Waals surface area contributed by atoms with Crippen molar-refractivity contribution in [2.24, 2.45) is 11.1 Å². The number of hydrogen-bond donors (Lipinski definition) is 1. The van der Waals surface area contributed by atoms with Gasteiger partial charge in [-0.15, -0.1) is 0 Å². The van der Waals surface area contributed by atoms with Gasteiger partial charge in [-0.1, -0.05) is 43.3 Å². The zero-order chi connectivity index (χ0) is 23.8. The molecule has 174 valence electrons. The van der Waals surface area contributed by atoms with Crippen LogP contribution in [0.25, 0.3) is 10.8 Å². The average Bonchev–Trinajstić information content (AvgIpc) is 3.36. The number of benzene rings is 1. The van der Waals surface area contributed by atoms with Crippen molar-refractivity contribution < 1.29 is 33.1 Å². The first-order valence-electron chi connectivity index (χ1n) is 10.6. The Balaban J connectivity index is 1.61. The number of carbonyl (C=O) groups excluding carboxylic acids is 3. The van der Waals surface area contributed by atoms with Gasteiger partial charge in [-0.3, -0.25) is 19.4 Å². The van der Waals surface area contributed by atoms with Gasteiger partial charge < -0.3 is 19.6 Å². The first-order chi connectivity index (χ1) is 15.7. The number of esters is 2. The van der Waals surface area contributed by atoms with E-state index in [0.29, 0.717) is 11.4 Å². The van der Waals surface area contributed by atoms with E-state index in [4.69, 9.17) is 14.3 Å². The van der Waals surface area contributed by atoms with Crippen molar-refractivity contribution in [3.8, 4) is 0 Å². The fourth-order valence-electron chi connectivity index (χ4n) is 4.17. The molecule has 1 saturated heterocycles. The quantitative estimate of drug-likeness (QED) is 0.662. The SMILES string of the molecule is CC(=O)O[C@]1(CF)OC(=O)CC1NC(=O)[C@]1(C(C)C)CC(c2nccc3ccccc23)=NO1. The van der Waals surface area contributed by atoms with Gasteiger partial charge in [-0.05, 0) is 11.5 Å². The van der Waals surface area contributed by atoms with Crippen LogP contribution in [0.3, 0.4) is 0 Å². The first kappa shape index (κ1) is 22.6. The van der Waals surface area contributed by atoms with E-state index in [-0.39, 0.29) is 18.8 Å². The molecule has 2 aliphatic rings. The van der Waals surface area contributed by atoms with E-state index >= 15 is 0 Å². The molecule has 3 heterocycles. The Morgan fingerprint density at radius 3 is 2.76 bits per heavy atom. The minimum atomic E-state index is -2.21. The molecule has 0 bridgehead atoms. The summed E-state index contributed by atoms with van der Waals surface area (Å²) in [6.07, 6.45) is 1.41. The van der Waals surface area contributed by atoms with Crippen LogP contribution in [0.4, 0.5) is 4.39 Å². The van der Waals surface area contributed by atoms with Crippen LogP contribution in [0.5, 0.6) is 0 Å². The third-order valence-corrected chi connectivity index (χ3v) is 6.01. The second kappa shape index (κ2) is 8.42. The molecule has 2 aliphatic heterocycles. The zero-order valence-corrected chi connectivity index (χ0v) is 18.5. The maximum Gasteiger partial charge on any atom is 0.311 e. The van der Waals surface area contributed by atoms with E-state index < -0.39 is 42.0 Å². The molecule has 0 radical (unpaired) electrons. The van der Waals surface area contributed by atoms with Gasteiger partial charge >= 0.3 is 17.7 Å². The summed E-state index contributed by atoms with van der Waals surface area (Å²) in [4.78, 5) is 47.0. The highest BCUT2D eigenvalue weighted by molar-refractivity contribution is 6.11. The molecular weight excluding hydrogens is 433 g/mol. The topological polar surface area (TPSA) is 116 Å². The molecular formula is C23H24FN3O6. The molecule has 2 aromatic rings. The Hall–Kier alpha value is -3.56. The molecule has 1 fully saturated rings. The highest BCUT2D eigenvalue weighted by atomic mass is 19.1. The molecule has 1 amide bonds. The number of halogens is 1. The summed E-state index contributed by atoms with van der Waals surface area (Å²) in [5, 5.41) is 8.62. The zero-order valence-electron chi connectivity index (χ0n) is 18.5. The van der Waals surface area contributed by atoms with E-state index in [1.807, 2.05) is 30.3 Å². The minimum absolute atomic E-state index is 0.106. The molecule has 0 spiro atoms. The lowest BCUT2D eigenvalue weighted by Gasteiger charge is -2.34. The summed E-state index contributed by atoms with van der Waals surface area (Å²) >= 11 is 0. The van der Waals surface area contributed by atoms with Gasteiger partial charge in [0.2, 0.25) is 5.60 Å². The van der Waals surface area contributed by atoms with Crippen molar-refractivity contribution >= 4 is 34.3 Å². The maximum absolute atomic E-state index is 13.9. The number of amides is 1. The molecule has 0 aliphatic carbocycles. The van der Waals surface area contributed by atoms with Crippen molar-refractivity contribution in [3.63, 3.8) is 0 Å². The molecule has 10 heteroatoms. The van der Waals surface area contributed by atoms with Gasteiger partial charge in [-0.25, -0.2) is 4.39 Å². The Kier molecular flexibility index (Phi) is 5.77. The van der Waals surface area contributed by atoms with E-state index in [1.54, 1.807) is 20.0 Å². The lowest BCUT2D eigenvalue weighted by molar-refractivity contribution is -0.224. The lowest BCUT2D eigenvalue weighted by atomic mass is 9.83. The van der Waals surface area contributed by atoms with Crippen LogP contribution >= 0.6 is 0 Å². The van der Waals surface area contributed by atoms with Crippen LogP contribution in [0.1, 0.15) is 39.3 Å². The highest BCUT2D eigenvalue weighted by Gasteiger charge is 2.57. The third kappa shape index (κ3) is 3.90. The van der Waals surface area contributed by atoms with Crippen LogP contribution in [0, 0.1) is 5.92 Å². The predicted molar refractivity (Wildman–Crippen MR) is 115 cm³/mol. The number of pyridine rings is 1. The van der Waals surface area contributed by atoms with E-state index in [0.717, 1.165) is 17.7 Å². The van der Waals surface area contributed by atoms with Crippen molar-refractivity contribution in [1.29, 1.82) is 0 Å². The fraction of sp³-hybridized carbons (Fsp3) is 0.435. The van der Waals surface area contributed by atoms with Crippen LogP contribution in [0.15, 0.2) is 41.7 Å². The highest BCUT2D eigenvalue weighted by Crippen LogP contribution is 2.37. The number of oxime groups is 1. The van der Waals surface area contributed by atoms with Crippen molar-refractivity contribution in [3.05, 3.63) is 42.2 Å². The van der Waals surface area contributed by atoms with Crippen molar-refractivity contribution in [1.82, 2.24) is 10.3 Å². The molecule has 33 heavy (non-hydrogen) atoms. The maximum atomic E-state index is 13.9. The summed E-state index contributed by atoms with van der Waals surface area (Å²) in [7, 11) is 0. The average molecular weight is 457 g/mol. The standard InChI is InChI=1S/C23H24FN3O6/c1-13(2)22(21(30)26-18-10-19(29)32-23(18,12-24)31-14(3)28)11-17(27-33-22)20-16-7-5-4-6-15(16)8-9-25-20/h4-9,13,18H,10-12H2,1-3H3,(H,26,30)/t18?,22-,23-/m1/s1. The second-order valence-electron chi connectivity index (χ2n) is 8.47. The Labute approximate surface area is 189 Å². The Bertz CT molecular complexity index is 1150. The van der Waals surface area contributed by atoms with E-state index in [9.17, 15) is 18.8 Å². The summed E-state index contributed by atoms with van der Waals surface area (Å²) < 4.78 is 23.8. The monoisotopic (exact) mass is 457 g/mol. The number of hydrogen-bond acceptors (Lipinski definition) is 8. The molecule has 9 nitrogen and oxygen atoms in total. The lowest BCUT2D eigenvalue weighted by Crippen LogP contribution is -2.60. The predicted octanol–water partition coefficient (Wildman–Crippen LogP) is 2.41. The van der Waals surface area contributed by atoms with E-state index in [2.05, 4.69) is 15.5 Å². The molecule has 1 N–H and O–H groups in total. The number of carbonyl (C=O) groups is 3. The van der Waals surface area contributed by atoms with Gasteiger partial charge in [0.1, 0.15) is 11.8 Å². The summed E-state index contributed by atoms with van der Waals surface area (Å²) in [5.41, 5.74) is -0.343. The van der Waals surface area contributed by atoms with E-state index in [1.165, 1.54) is 0 Å². The number of rotatable bonds is 6. The van der Waals surface area contributed by atoms with Crippen LogP contribution < -0.4 is 5.32 Å². The largest absolute Gasteiger partial charge is 0.418 e. The number of ether oxygens (including phenoxy) is 2. The third-order valence-electron chi connectivity index (χ3n) is 6.01. The summed E-state index contributed by atoms with van der Waals surface area (Å²) in [5.74, 6) is -4.81. The number of nitrogens with zero attached hydrogens (tertiary/aromatic N) is 2. The first-order valence-corrected chi connectivity index (χ1v) is 10.6. The smallest absolute Gasteiger partial charge is 0.311 e. The molecule has 0 saturated carbocycles. The van der Waals surface area contributed by atoms with Crippen molar-refractivity contribution in [2.45, 2.75) is 51.0 Å². The number of alkyl halides is 1. The molecule has 1 unspecified atom stereocenters. The van der Waals surface area contributed by atoms with Crippen LogP contribution in [-0.4, -0.2) is 52.6 Å². The minimum Gasteiger partial charge on any atom is -0.418 e. The fourth-order valence-corrected chi connectivity index (χ4v) is 4.17. The molecule has 4 rings (SSSR count). The van der Waals surface area contributed by atoms with Crippen LogP contribution in [-0.2, 0) is 28.7 Å². The second-order valence-corrected chi connectivity index (χ2v) is 8.47. The summed E-state index contributed by atoms with van der Waals surface area (Å²) in [6, 6.07) is 8.31. The number of cyclic esters (lactones) is 1. The van der Waals surface area contributed by atoms with Gasteiger partial charge in [0.15, 0.2) is 6.67 Å². The number of nitrogens with one attached hydrogen (secondary N) is 1. The van der Waals surface area contributed by atoms with Gasteiger partial charge in [0, 0.05) is 30.8 Å². The summed E-state index contributed by atoms with van der Waals surface area (Å²) in [6.45, 7) is 3.34.